The number of imide groups is 1. The molecule has 2 aromatic rings. The van der Waals surface area contributed by atoms with Crippen LogP contribution in [-0.4, -0.2) is 49.1 Å². The lowest BCUT2D eigenvalue weighted by molar-refractivity contribution is -0.147. The van der Waals surface area contributed by atoms with Gasteiger partial charge in [0.15, 0.2) is 6.10 Å². The highest BCUT2D eigenvalue weighted by atomic mass is 16.6. The van der Waals surface area contributed by atoms with E-state index in [1.165, 1.54) is 39.4 Å². The van der Waals surface area contributed by atoms with Crippen LogP contribution in [-0.2, 0) is 25.6 Å². The minimum atomic E-state index is -0.863. The van der Waals surface area contributed by atoms with E-state index in [1.54, 1.807) is 24.3 Å². The molecule has 10 nitrogen and oxygen atoms in total. The maximum Gasteiger partial charge on any atom is 0.373 e. The van der Waals surface area contributed by atoms with Crippen LogP contribution in [0.1, 0.15) is 28.8 Å². The molecule has 3 amide bonds. The first kappa shape index (κ1) is 21.6. The molecule has 1 aliphatic heterocycles. The number of methoxy groups -OCH3 is 2. The van der Waals surface area contributed by atoms with Crippen LogP contribution in [0.3, 0.4) is 0 Å². The molecular weight excluding hydrogens is 408 g/mol. The normalized spacial score (nSPS) is 15.6. The van der Waals surface area contributed by atoms with Crippen molar-refractivity contribution in [1.82, 2.24) is 10.2 Å². The molecule has 0 aliphatic carbocycles. The molecule has 3 rings (SSSR count). The predicted molar refractivity (Wildman–Crippen MR) is 106 cm³/mol. The van der Waals surface area contributed by atoms with E-state index in [4.69, 9.17) is 9.15 Å². The summed E-state index contributed by atoms with van der Waals surface area (Å²) >= 11 is 0. The Kier molecular flexibility index (Phi) is 6.39. The first-order valence-electron chi connectivity index (χ1n) is 9.19. The molecule has 31 heavy (non-hydrogen) atoms. The summed E-state index contributed by atoms with van der Waals surface area (Å²) < 4.78 is 20.1. The highest BCUT2D eigenvalue weighted by Gasteiger charge is 2.34. The third-order valence-corrected chi connectivity index (χ3v) is 4.38. The van der Waals surface area contributed by atoms with E-state index in [0.717, 1.165) is 4.90 Å². The number of hydrogen-bond acceptors (Lipinski definition) is 8. The number of amides is 3. The van der Waals surface area contributed by atoms with Gasteiger partial charge in [0.2, 0.25) is 5.76 Å². The van der Waals surface area contributed by atoms with Crippen molar-refractivity contribution >= 4 is 30.0 Å². The number of para-hydroxylation sites is 1. The maximum absolute atomic E-state index is 12.7. The molecule has 1 saturated heterocycles. The van der Waals surface area contributed by atoms with Crippen molar-refractivity contribution in [3.63, 3.8) is 0 Å². The summed E-state index contributed by atoms with van der Waals surface area (Å²) in [5.74, 6) is -1.27. The summed E-state index contributed by atoms with van der Waals surface area (Å²) in [5, 5.41) is 2.50. The fourth-order valence-corrected chi connectivity index (χ4v) is 2.81. The molecule has 0 spiro atoms. The van der Waals surface area contributed by atoms with Gasteiger partial charge in [0, 0.05) is 5.56 Å². The molecule has 1 atom stereocenters. The Labute approximate surface area is 177 Å². The second-order valence-electron chi connectivity index (χ2n) is 6.46. The summed E-state index contributed by atoms with van der Waals surface area (Å²) in [5.41, 5.74) is 0.501. The SMILES string of the molecule is COC(=O)c1ccc(CN2C(=O)NC(=Cc3ccccc3OC(C)C(=O)OC)C2=O)o1. The van der Waals surface area contributed by atoms with Crippen LogP contribution in [0.2, 0.25) is 0 Å². The second kappa shape index (κ2) is 9.16. The molecule has 0 bridgehead atoms. The molecule has 1 N–H and O–H groups in total. The third kappa shape index (κ3) is 4.74. The Morgan fingerprint density at radius 2 is 1.87 bits per heavy atom. The summed E-state index contributed by atoms with van der Waals surface area (Å²) in [4.78, 5) is 49.1. The average molecular weight is 428 g/mol. The first-order valence-corrected chi connectivity index (χ1v) is 9.19. The van der Waals surface area contributed by atoms with Gasteiger partial charge in [0.25, 0.3) is 5.91 Å². The van der Waals surface area contributed by atoms with Crippen LogP contribution in [0, 0.1) is 0 Å². The number of furan rings is 1. The minimum absolute atomic E-state index is 0.0199. The molecular formula is C21H20N2O8. The molecule has 1 aromatic heterocycles. The largest absolute Gasteiger partial charge is 0.478 e. The number of nitrogens with one attached hydrogen (secondary N) is 1. The number of esters is 2. The summed E-state index contributed by atoms with van der Waals surface area (Å²) in [6.07, 6.45) is 0.583. The highest BCUT2D eigenvalue weighted by Crippen LogP contribution is 2.25. The standard InChI is InChI=1S/C21H20N2O8/c1-12(19(25)28-2)30-16-7-5-4-6-13(16)10-15-18(24)23(21(27)22-15)11-14-8-9-17(31-14)20(26)29-3/h4-10,12H,11H2,1-3H3,(H,22,27). The average Bonchev–Trinajstić information content (AvgIpc) is 3.34. The van der Waals surface area contributed by atoms with Crippen LogP contribution >= 0.6 is 0 Å². The summed E-state index contributed by atoms with van der Waals surface area (Å²) in [6.45, 7) is 1.36. The van der Waals surface area contributed by atoms with Gasteiger partial charge in [0.1, 0.15) is 17.2 Å². The number of carbonyl (C=O) groups excluding carboxylic acids is 4. The minimum Gasteiger partial charge on any atom is -0.478 e. The third-order valence-electron chi connectivity index (χ3n) is 4.38. The lowest BCUT2D eigenvalue weighted by Crippen LogP contribution is -2.30. The zero-order valence-corrected chi connectivity index (χ0v) is 17.0. The van der Waals surface area contributed by atoms with Gasteiger partial charge < -0.3 is 23.9 Å². The van der Waals surface area contributed by atoms with Crippen LogP contribution < -0.4 is 10.1 Å². The molecule has 1 fully saturated rings. The van der Waals surface area contributed by atoms with Gasteiger partial charge in [-0.05, 0) is 31.2 Å². The number of urea groups is 1. The first-order chi connectivity index (χ1) is 14.8. The van der Waals surface area contributed by atoms with Gasteiger partial charge in [-0.25, -0.2) is 14.4 Å². The van der Waals surface area contributed by atoms with Crippen molar-refractivity contribution in [2.75, 3.05) is 14.2 Å². The van der Waals surface area contributed by atoms with E-state index in [9.17, 15) is 19.2 Å². The molecule has 1 aliphatic rings. The maximum atomic E-state index is 12.7. The lowest BCUT2D eigenvalue weighted by atomic mass is 10.1. The molecule has 1 aromatic carbocycles. The lowest BCUT2D eigenvalue weighted by Gasteiger charge is -2.14. The van der Waals surface area contributed by atoms with Crippen molar-refractivity contribution in [2.24, 2.45) is 0 Å². The van der Waals surface area contributed by atoms with Crippen molar-refractivity contribution < 1.29 is 37.8 Å². The Hall–Kier alpha value is -4.08. The molecule has 2 heterocycles. The van der Waals surface area contributed by atoms with E-state index < -0.39 is 30.0 Å². The summed E-state index contributed by atoms with van der Waals surface area (Å²) in [6, 6.07) is 8.95. The van der Waals surface area contributed by atoms with Crippen LogP contribution in [0.4, 0.5) is 4.79 Å². The van der Waals surface area contributed by atoms with Crippen LogP contribution in [0.25, 0.3) is 6.08 Å². The summed E-state index contributed by atoms with van der Waals surface area (Å²) in [7, 11) is 2.47. The van der Waals surface area contributed by atoms with Gasteiger partial charge in [-0.2, -0.15) is 0 Å². The molecule has 162 valence electrons. The van der Waals surface area contributed by atoms with E-state index in [2.05, 4.69) is 14.8 Å². The predicted octanol–water partition coefficient (Wildman–Crippen LogP) is 2.10. The zero-order valence-electron chi connectivity index (χ0n) is 17.0. The van der Waals surface area contributed by atoms with Crippen molar-refractivity contribution in [3.8, 4) is 5.75 Å². The van der Waals surface area contributed by atoms with Gasteiger partial charge in [0.05, 0.1) is 20.8 Å². The zero-order chi connectivity index (χ0) is 22.5. The van der Waals surface area contributed by atoms with Gasteiger partial charge in [-0.1, -0.05) is 18.2 Å². The monoisotopic (exact) mass is 428 g/mol. The number of rotatable bonds is 7. The van der Waals surface area contributed by atoms with E-state index in [0.29, 0.717) is 11.3 Å². The van der Waals surface area contributed by atoms with E-state index in [-0.39, 0.29) is 23.8 Å². The quantitative estimate of drug-likeness (QED) is 0.404. The number of benzene rings is 1. The van der Waals surface area contributed by atoms with Crippen molar-refractivity contribution in [3.05, 3.63) is 59.2 Å². The highest BCUT2D eigenvalue weighted by molar-refractivity contribution is 6.14. The number of carbonyl (C=O) groups is 4. The Morgan fingerprint density at radius 1 is 1.13 bits per heavy atom. The smallest absolute Gasteiger partial charge is 0.373 e. The fraction of sp³-hybridized carbons (Fsp3) is 0.238. The van der Waals surface area contributed by atoms with E-state index >= 15 is 0 Å². The van der Waals surface area contributed by atoms with Crippen LogP contribution in [0.5, 0.6) is 5.75 Å². The fourth-order valence-electron chi connectivity index (χ4n) is 2.81. The Morgan fingerprint density at radius 3 is 2.58 bits per heavy atom. The number of nitrogens with zero attached hydrogens (tertiary/aromatic N) is 1. The van der Waals surface area contributed by atoms with Crippen molar-refractivity contribution in [2.45, 2.75) is 19.6 Å². The Bertz CT molecular complexity index is 1060. The van der Waals surface area contributed by atoms with Gasteiger partial charge in [-0.15, -0.1) is 0 Å². The second-order valence-corrected chi connectivity index (χ2v) is 6.46. The molecule has 1 unspecified atom stereocenters. The van der Waals surface area contributed by atoms with Crippen LogP contribution in [0.15, 0.2) is 46.5 Å². The molecule has 0 radical (unpaired) electrons. The molecule has 10 heteroatoms. The van der Waals surface area contributed by atoms with Gasteiger partial charge >= 0.3 is 18.0 Å². The van der Waals surface area contributed by atoms with E-state index in [1.807, 2.05) is 0 Å². The Balaban J connectivity index is 1.78. The molecule has 0 saturated carbocycles. The van der Waals surface area contributed by atoms with Gasteiger partial charge in [-0.3, -0.25) is 9.69 Å². The topological polar surface area (TPSA) is 124 Å². The number of ether oxygens (including phenoxy) is 3. The number of hydrogen-bond donors (Lipinski definition) is 1. The van der Waals surface area contributed by atoms with Crippen molar-refractivity contribution in [1.29, 1.82) is 0 Å².